The minimum Gasteiger partial charge on any atom is -0.345 e. The fourth-order valence-corrected chi connectivity index (χ4v) is 4.79. The van der Waals surface area contributed by atoms with Crippen LogP contribution in [-0.4, -0.2) is 54.7 Å². The van der Waals surface area contributed by atoms with E-state index in [0.717, 1.165) is 31.0 Å². The summed E-state index contributed by atoms with van der Waals surface area (Å²) in [5.41, 5.74) is 2.84. The van der Waals surface area contributed by atoms with Crippen molar-refractivity contribution in [1.82, 2.24) is 9.80 Å². The second-order valence-corrected chi connectivity index (χ2v) is 8.91. The van der Waals surface area contributed by atoms with Gasteiger partial charge in [0.25, 0.3) is 0 Å². The van der Waals surface area contributed by atoms with Gasteiger partial charge < -0.3 is 9.80 Å². The molecule has 1 heterocycles. The maximum absolute atomic E-state index is 12.5. The molecule has 28 heavy (non-hydrogen) atoms. The number of amides is 1. The van der Waals surface area contributed by atoms with Crippen molar-refractivity contribution in [2.45, 2.75) is 31.1 Å². The van der Waals surface area contributed by atoms with Crippen LogP contribution in [0.15, 0.2) is 59.5 Å². The Morgan fingerprint density at radius 3 is 2.68 bits per heavy atom. The van der Waals surface area contributed by atoms with E-state index in [1.807, 2.05) is 30.1 Å². The molecule has 3 rings (SSSR count). The third kappa shape index (κ3) is 6.39. The number of benzene rings is 2. The molecule has 2 aromatic rings. The van der Waals surface area contributed by atoms with Crippen molar-refractivity contribution in [2.75, 3.05) is 39.0 Å². The number of likely N-dealkylation sites (tertiary alicyclic amines) is 1. The Kier molecular flexibility index (Phi) is 7.99. The van der Waals surface area contributed by atoms with E-state index in [4.69, 9.17) is 0 Å². The number of nitrogens with zero attached hydrogens (tertiary/aromatic N) is 2. The van der Waals surface area contributed by atoms with Crippen LogP contribution >= 0.6 is 11.8 Å². The van der Waals surface area contributed by atoms with Gasteiger partial charge in [-0.25, -0.2) is 0 Å². The number of thioether (sulfide) groups is 1. The number of hydrogen-bond acceptors (Lipinski definition) is 3. The predicted octanol–water partition coefficient (Wildman–Crippen LogP) is 4.50. The van der Waals surface area contributed by atoms with Crippen molar-refractivity contribution in [3.05, 3.63) is 65.7 Å². The fraction of sp³-hybridized carbons (Fsp3) is 0.458. The molecule has 1 unspecified atom stereocenters. The lowest BCUT2D eigenvalue weighted by atomic mass is 9.96. The standard InChI is InChI=1S/C24H32N2OS/c1-20-9-6-7-11-22(20)14-16-26-15-8-10-21(18-26)17-25(2)24(27)19-28-23-12-4-3-5-13-23/h3-7,9,11-13,21H,8,10,14-19H2,1-2H3. The number of carbonyl (C=O) groups is 1. The van der Waals surface area contributed by atoms with E-state index in [1.165, 1.54) is 30.5 Å². The van der Waals surface area contributed by atoms with Crippen LogP contribution in [0.2, 0.25) is 0 Å². The van der Waals surface area contributed by atoms with Crippen LogP contribution in [0.5, 0.6) is 0 Å². The van der Waals surface area contributed by atoms with Crippen molar-refractivity contribution < 1.29 is 4.79 Å². The largest absolute Gasteiger partial charge is 0.345 e. The molecule has 3 nitrogen and oxygen atoms in total. The van der Waals surface area contributed by atoms with E-state index in [9.17, 15) is 4.79 Å². The van der Waals surface area contributed by atoms with E-state index < -0.39 is 0 Å². The first kappa shape index (κ1) is 20.9. The topological polar surface area (TPSA) is 23.6 Å². The van der Waals surface area contributed by atoms with Gasteiger partial charge in [0.1, 0.15) is 0 Å². The Balaban J connectivity index is 1.42. The molecule has 2 aromatic carbocycles. The Hall–Kier alpha value is -1.78. The number of aryl methyl sites for hydroxylation is 1. The van der Waals surface area contributed by atoms with Gasteiger partial charge in [0.05, 0.1) is 5.75 Å². The average Bonchev–Trinajstić information content (AvgIpc) is 2.72. The highest BCUT2D eigenvalue weighted by atomic mass is 32.2. The Labute approximate surface area is 174 Å². The summed E-state index contributed by atoms with van der Waals surface area (Å²) in [7, 11) is 1.96. The zero-order valence-corrected chi connectivity index (χ0v) is 18.0. The molecule has 1 aliphatic rings. The van der Waals surface area contributed by atoms with E-state index >= 15 is 0 Å². The number of hydrogen-bond donors (Lipinski definition) is 0. The van der Waals surface area contributed by atoms with Gasteiger partial charge in [0, 0.05) is 31.6 Å². The van der Waals surface area contributed by atoms with E-state index in [-0.39, 0.29) is 5.91 Å². The molecule has 0 bridgehead atoms. The zero-order valence-electron chi connectivity index (χ0n) is 17.1. The number of carbonyl (C=O) groups excluding carboxylic acids is 1. The van der Waals surface area contributed by atoms with Crippen LogP contribution in [-0.2, 0) is 11.2 Å². The molecule has 0 radical (unpaired) electrons. The van der Waals surface area contributed by atoms with Crippen LogP contribution in [0.3, 0.4) is 0 Å². The van der Waals surface area contributed by atoms with Gasteiger partial charge in [0.2, 0.25) is 5.91 Å². The van der Waals surface area contributed by atoms with Crippen LogP contribution in [0.25, 0.3) is 0 Å². The molecule has 0 aliphatic carbocycles. The summed E-state index contributed by atoms with van der Waals surface area (Å²) in [6.07, 6.45) is 3.57. The summed E-state index contributed by atoms with van der Waals surface area (Å²) >= 11 is 1.62. The molecular weight excluding hydrogens is 364 g/mol. The smallest absolute Gasteiger partial charge is 0.232 e. The quantitative estimate of drug-likeness (QED) is 0.614. The predicted molar refractivity (Wildman–Crippen MR) is 119 cm³/mol. The maximum Gasteiger partial charge on any atom is 0.232 e. The van der Waals surface area contributed by atoms with Gasteiger partial charge in [-0.2, -0.15) is 0 Å². The minimum atomic E-state index is 0.228. The molecular formula is C24H32N2OS. The normalized spacial score (nSPS) is 17.4. The molecule has 1 aliphatic heterocycles. The van der Waals surface area contributed by atoms with Gasteiger partial charge >= 0.3 is 0 Å². The molecule has 1 saturated heterocycles. The summed E-state index contributed by atoms with van der Waals surface area (Å²) in [4.78, 5) is 18.2. The molecule has 0 saturated carbocycles. The molecule has 4 heteroatoms. The first-order chi connectivity index (χ1) is 13.6. The van der Waals surface area contributed by atoms with Crippen LogP contribution in [0, 0.1) is 12.8 Å². The summed E-state index contributed by atoms with van der Waals surface area (Å²) in [6, 6.07) is 18.8. The minimum absolute atomic E-state index is 0.228. The van der Waals surface area contributed by atoms with Crippen LogP contribution in [0.4, 0.5) is 0 Å². The van der Waals surface area contributed by atoms with Gasteiger partial charge in [-0.1, -0.05) is 42.5 Å². The van der Waals surface area contributed by atoms with Crippen LogP contribution in [0.1, 0.15) is 24.0 Å². The zero-order chi connectivity index (χ0) is 19.8. The third-order valence-corrected chi connectivity index (χ3v) is 6.62. The monoisotopic (exact) mass is 396 g/mol. The average molecular weight is 397 g/mol. The maximum atomic E-state index is 12.5. The molecule has 0 spiro atoms. The first-order valence-corrected chi connectivity index (χ1v) is 11.3. The molecule has 150 valence electrons. The fourth-order valence-electron chi connectivity index (χ4n) is 3.93. The van der Waals surface area contributed by atoms with Crippen molar-refractivity contribution in [1.29, 1.82) is 0 Å². The Morgan fingerprint density at radius 2 is 1.89 bits per heavy atom. The first-order valence-electron chi connectivity index (χ1n) is 10.3. The summed E-state index contributed by atoms with van der Waals surface area (Å²) in [5.74, 6) is 1.33. The van der Waals surface area contributed by atoms with Gasteiger partial charge in [-0.3, -0.25) is 4.79 Å². The second-order valence-electron chi connectivity index (χ2n) is 7.86. The van der Waals surface area contributed by atoms with Crippen molar-refractivity contribution >= 4 is 17.7 Å². The van der Waals surface area contributed by atoms with Gasteiger partial charge in [0.15, 0.2) is 0 Å². The SMILES string of the molecule is Cc1ccccc1CCN1CCCC(CN(C)C(=O)CSc2ccccc2)C1. The van der Waals surface area contributed by atoms with E-state index in [1.54, 1.807) is 11.8 Å². The molecule has 1 amide bonds. The number of piperidine rings is 1. The molecule has 1 atom stereocenters. The van der Waals surface area contributed by atoms with Gasteiger partial charge in [-0.05, 0) is 61.9 Å². The summed E-state index contributed by atoms with van der Waals surface area (Å²) in [5, 5.41) is 0. The molecule has 0 aromatic heterocycles. The van der Waals surface area contributed by atoms with Gasteiger partial charge in [-0.15, -0.1) is 11.8 Å². The Bertz CT molecular complexity index is 749. The van der Waals surface area contributed by atoms with E-state index in [0.29, 0.717) is 11.7 Å². The highest BCUT2D eigenvalue weighted by Crippen LogP contribution is 2.20. The lowest BCUT2D eigenvalue weighted by Crippen LogP contribution is -2.42. The lowest BCUT2D eigenvalue weighted by molar-refractivity contribution is -0.127. The molecule has 1 fully saturated rings. The van der Waals surface area contributed by atoms with E-state index in [2.05, 4.69) is 48.2 Å². The Morgan fingerprint density at radius 1 is 1.14 bits per heavy atom. The summed E-state index contributed by atoms with van der Waals surface area (Å²) < 4.78 is 0. The van der Waals surface area contributed by atoms with Crippen molar-refractivity contribution in [3.63, 3.8) is 0 Å². The highest BCUT2D eigenvalue weighted by Gasteiger charge is 2.22. The highest BCUT2D eigenvalue weighted by molar-refractivity contribution is 8.00. The third-order valence-electron chi connectivity index (χ3n) is 5.63. The number of rotatable bonds is 8. The second kappa shape index (κ2) is 10.7. The lowest BCUT2D eigenvalue weighted by Gasteiger charge is -2.34. The van der Waals surface area contributed by atoms with Crippen LogP contribution < -0.4 is 0 Å². The molecule has 0 N–H and O–H groups in total. The van der Waals surface area contributed by atoms with Crippen molar-refractivity contribution in [2.24, 2.45) is 5.92 Å². The van der Waals surface area contributed by atoms with Crippen molar-refractivity contribution in [3.8, 4) is 0 Å². The summed E-state index contributed by atoms with van der Waals surface area (Å²) in [6.45, 7) is 6.47.